The Balaban J connectivity index is 1.68. The van der Waals surface area contributed by atoms with Crippen LogP contribution in [0, 0.1) is 11.3 Å². The van der Waals surface area contributed by atoms with Gasteiger partial charge in [0.05, 0.1) is 11.0 Å². The van der Waals surface area contributed by atoms with Crippen molar-refractivity contribution in [1.29, 1.82) is 0 Å². The molecular formula is C13H22N2O3S. The van der Waals surface area contributed by atoms with Crippen molar-refractivity contribution in [3.63, 3.8) is 0 Å². The van der Waals surface area contributed by atoms with E-state index in [1.165, 1.54) is 0 Å². The molecule has 2 aliphatic heterocycles. The Morgan fingerprint density at radius 2 is 2.11 bits per heavy atom. The Hall–Kier alpha value is -0.620. The summed E-state index contributed by atoms with van der Waals surface area (Å²) in [6, 6.07) is 0. The quantitative estimate of drug-likeness (QED) is 0.770. The lowest BCUT2D eigenvalue weighted by Gasteiger charge is -2.38. The van der Waals surface area contributed by atoms with Crippen molar-refractivity contribution >= 4 is 15.7 Å². The van der Waals surface area contributed by atoms with Crippen LogP contribution in [0.4, 0.5) is 0 Å². The lowest BCUT2D eigenvalue weighted by molar-refractivity contribution is -0.127. The monoisotopic (exact) mass is 286 g/mol. The molecule has 0 aromatic heterocycles. The van der Waals surface area contributed by atoms with E-state index in [9.17, 15) is 13.2 Å². The minimum Gasteiger partial charge on any atom is -0.355 e. The summed E-state index contributed by atoms with van der Waals surface area (Å²) in [7, 11) is -2.99. The fourth-order valence-electron chi connectivity index (χ4n) is 3.65. The van der Waals surface area contributed by atoms with Crippen molar-refractivity contribution in [3.8, 4) is 0 Å². The van der Waals surface area contributed by atoms with Crippen LogP contribution < -0.4 is 10.6 Å². The van der Waals surface area contributed by atoms with Crippen molar-refractivity contribution in [1.82, 2.24) is 10.6 Å². The minimum atomic E-state index is -2.99. The molecule has 0 radical (unpaired) electrons. The molecule has 3 fully saturated rings. The summed E-state index contributed by atoms with van der Waals surface area (Å²) < 4.78 is 24.3. The number of rotatable bonds is 3. The fourth-order valence-corrected chi connectivity index (χ4v) is 5.90. The summed E-state index contributed by atoms with van der Waals surface area (Å²) in [6.07, 6.45) is 4.73. The standard InChI is InChI=1S/C13H22N2O3S/c16-12(10-3-1-4-10)15-9-13-5-2-6-19(17,18)11(13)7-14-8-13/h10-11,14H,1-9H2,(H,15,16). The van der Waals surface area contributed by atoms with Crippen LogP contribution in [0.2, 0.25) is 0 Å². The molecule has 0 aromatic rings. The van der Waals surface area contributed by atoms with Gasteiger partial charge in [0.2, 0.25) is 5.91 Å². The van der Waals surface area contributed by atoms with Crippen molar-refractivity contribution < 1.29 is 13.2 Å². The first-order valence-corrected chi connectivity index (χ1v) is 8.95. The average Bonchev–Trinajstić information content (AvgIpc) is 2.70. The van der Waals surface area contributed by atoms with E-state index in [-0.39, 0.29) is 22.5 Å². The molecule has 108 valence electrons. The molecule has 0 spiro atoms. The van der Waals surface area contributed by atoms with Crippen molar-refractivity contribution in [2.75, 3.05) is 25.4 Å². The smallest absolute Gasteiger partial charge is 0.223 e. The van der Waals surface area contributed by atoms with E-state index in [2.05, 4.69) is 10.6 Å². The number of sulfone groups is 1. The van der Waals surface area contributed by atoms with Crippen LogP contribution in [-0.2, 0) is 14.6 Å². The van der Waals surface area contributed by atoms with Crippen LogP contribution in [-0.4, -0.2) is 45.0 Å². The highest BCUT2D eigenvalue weighted by Gasteiger charge is 2.52. The van der Waals surface area contributed by atoms with Gasteiger partial charge in [-0.15, -0.1) is 0 Å². The fraction of sp³-hybridized carbons (Fsp3) is 0.923. The molecule has 0 aromatic carbocycles. The summed E-state index contributed by atoms with van der Waals surface area (Å²) in [5.41, 5.74) is -0.267. The highest BCUT2D eigenvalue weighted by molar-refractivity contribution is 7.92. The van der Waals surface area contributed by atoms with Gasteiger partial charge in [-0.25, -0.2) is 8.42 Å². The minimum absolute atomic E-state index is 0.120. The molecule has 2 N–H and O–H groups in total. The Morgan fingerprint density at radius 3 is 2.79 bits per heavy atom. The van der Waals surface area contributed by atoms with E-state index < -0.39 is 9.84 Å². The van der Waals surface area contributed by atoms with Crippen LogP contribution in [0.15, 0.2) is 0 Å². The van der Waals surface area contributed by atoms with Gasteiger partial charge in [-0.3, -0.25) is 4.79 Å². The van der Waals surface area contributed by atoms with E-state index in [4.69, 9.17) is 0 Å². The van der Waals surface area contributed by atoms with Crippen LogP contribution in [0.25, 0.3) is 0 Å². The van der Waals surface area contributed by atoms with Crippen LogP contribution in [0.3, 0.4) is 0 Å². The molecule has 1 amide bonds. The Labute approximate surface area is 114 Å². The largest absolute Gasteiger partial charge is 0.355 e. The second kappa shape index (κ2) is 4.74. The summed E-state index contributed by atoms with van der Waals surface area (Å²) in [4.78, 5) is 11.9. The zero-order valence-electron chi connectivity index (χ0n) is 11.2. The van der Waals surface area contributed by atoms with Gasteiger partial charge < -0.3 is 10.6 Å². The van der Waals surface area contributed by atoms with Gasteiger partial charge in [0.25, 0.3) is 0 Å². The maximum absolute atomic E-state index is 12.2. The van der Waals surface area contributed by atoms with Gasteiger partial charge in [0, 0.05) is 31.0 Å². The first-order chi connectivity index (χ1) is 9.04. The van der Waals surface area contributed by atoms with E-state index in [1.54, 1.807) is 0 Å². The molecule has 1 aliphatic carbocycles. The van der Waals surface area contributed by atoms with Crippen molar-refractivity contribution in [2.45, 2.75) is 37.4 Å². The first-order valence-electron chi connectivity index (χ1n) is 7.24. The van der Waals surface area contributed by atoms with Crippen LogP contribution in [0.1, 0.15) is 32.1 Å². The number of hydrogen-bond acceptors (Lipinski definition) is 4. The highest BCUT2D eigenvalue weighted by atomic mass is 32.2. The predicted octanol–water partition coefficient (Wildman–Crippen LogP) is 0.0695. The molecule has 0 bridgehead atoms. The maximum atomic E-state index is 12.2. The number of carbonyl (C=O) groups excluding carboxylic acids is 1. The van der Waals surface area contributed by atoms with Gasteiger partial charge in [-0.2, -0.15) is 0 Å². The normalized spacial score (nSPS) is 37.4. The molecule has 6 heteroatoms. The predicted molar refractivity (Wildman–Crippen MR) is 72.5 cm³/mol. The third-order valence-corrected chi connectivity index (χ3v) is 7.51. The van der Waals surface area contributed by atoms with E-state index in [1.807, 2.05) is 0 Å². The molecule has 5 nitrogen and oxygen atoms in total. The number of amides is 1. The SMILES string of the molecule is O=C(NCC12CCCS(=O)(=O)C1CNC2)C1CCC1. The molecule has 1 saturated carbocycles. The van der Waals surface area contributed by atoms with E-state index in [0.29, 0.717) is 25.4 Å². The average molecular weight is 286 g/mol. The zero-order chi connectivity index (χ0) is 13.5. The summed E-state index contributed by atoms with van der Waals surface area (Å²) in [6.45, 7) is 1.77. The molecule has 2 unspecified atom stereocenters. The Morgan fingerprint density at radius 1 is 1.32 bits per heavy atom. The first kappa shape index (κ1) is 13.4. The lowest BCUT2D eigenvalue weighted by atomic mass is 9.80. The van der Waals surface area contributed by atoms with E-state index in [0.717, 1.165) is 32.1 Å². The van der Waals surface area contributed by atoms with Gasteiger partial charge in [0.1, 0.15) is 0 Å². The second-order valence-electron chi connectivity index (χ2n) is 6.30. The van der Waals surface area contributed by atoms with Gasteiger partial charge >= 0.3 is 0 Å². The number of carbonyl (C=O) groups is 1. The molecule has 19 heavy (non-hydrogen) atoms. The lowest BCUT2D eigenvalue weighted by Crippen LogP contribution is -2.52. The van der Waals surface area contributed by atoms with Crippen LogP contribution in [0.5, 0.6) is 0 Å². The molecular weight excluding hydrogens is 264 g/mol. The molecule has 2 atom stereocenters. The van der Waals surface area contributed by atoms with Gasteiger partial charge in [-0.1, -0.05) is 6.42 Å². The van der Waals surface area contributed by atoms with Crippen molar-refractivity contribution in [2.24, 2.45) is 11.3 Å². The van der Waals surface area contributed by atoms with Crippen LogP contribution >= 0.6 is 0 Å². The molecule has 2 heterocycles. The highest BCUT2D eigenvalue weighted by Crippen LogP contribution is 2.40. The third-order valence-electron chi connectivity index (χ3n) is 5.12. The Kier molecular flexibility index (Phi) is 3.33. The second-order valence-corrected chi connectivity index (χ2v) is 8.60. The summed E-state index contributed by atoms with van der Waals surface area (Å²) in [5, 5.41) is 5.91. The summed E-state index contributed by atoms with van der Waals surface area (Å²) >= 11 is 0. The van der Waals surface area contributed by atoms with Crippen molar-refractivity contribution in [3.05, 3.63) is 0 Å². The molecule has 2 saturated heterocycles. The van der Waals surface area contributed by atoms with Gasteiger partial charge in [-0.05, 0) is 25.7 Å². The number of hydrogen-bond donors (Lipinski definition) is 2. The summed E-state index contributed by atoms with van der Waals surface area (Å²) in [5.74, 6) is 0.594. The Bertz CT molecular complexity index is 472. The number of nitrogens with one attached hydrogen (secondary N) is 2. The topological polar surface area (TPSA) is 75.3 Å². The molecule has 3 rings (SSSR count). The maximum Gasteiger partial charge on any atom is 0.223 e. The third kappa shape index (κ3) is 2.29. The zero-order valence-corrected chi connectivity index (χ0v) is 12.0. The number of fused-ring (bicyclic) bond motifs is 1. The van der Waals surface area contributed by atoms with E-state index >= 15 is 0 Å². The molecule has 3 aliphatic rings. The van der Waals surface area contributed by atoms with Gasteiger partial charge in [0.15, 0.2) is 9.84 Å².